The molecule has 2 heterocycles. The van der Waals surface area contributed by atoms with Crippen molar-refractivity contribution in [2.75, 3.05) is 39.8 Å². The van der Waals surface area contributed by atoms with Crippen LogP contribution in [0.5, 0.6) is 0 Å². The average molecular weight is 412 g/mol. The van der Waals surface area contributed by atoms with Gasteiger partial charge in [-0.05, 0) is 37.7 Å². The summed E-state index contributed by atoms with van der Waals surface area (Å²) in [6, 6.07) is 15.7. The molecule has 0 unspecified atom stereocenters. The molecule has 1 atom stereocenters. The van der Waals surface area contributed by atoms with Gasteiger partial charge in [-0.2, -0.15) is 0 Å². The Hall–Kier alpha value is -2.34. The van der Waals surface area contributed by atoms with Crippen molar-refractivity contribution in [2.45, 2.75) is 13.0 Å². The molecule has 0 spiro atoms. The number of halogens is 1. The highest BCUT2D eigenvalue weighted by Gasteiger charge is 2.25. The molecule has 3 aromatic rings. The van der Waals surface area contributed by atoms with Crippen LogP contribution < -0.4 is 5.32 Å². The number of aryl methyl sites for hydroxylation is 1. The number of hydrogen-bond acceptors (Lipinski definition) is 4. The lowest BCUT2D eigenvalue weighted by atomic mass is 10.0. The summed E-state index contributed by atoms with van der Waals surface area (Å²) >= 11 is 6.08. The highest BCUT2D eigenvalue weighted by atomic mass is 35.5. The highest BCUT2D eigenvalue weighted by molar-refractivity contribution is 6.30. The van der Waals surface area contributed by atoms with Gasteiger partial charge in [0.1, 0.15) is 5.58 Å². The minimum atomic E-state index is -0.174. The lowest BCUT2D eigenvalue weighted by molar-refractivity contribution is 0.0864. The number of carbonyl (C=O) groups excluding carboxylic acids is 1. The smallest absolute Gasteiger partial charge is 0.287 e. The molecule has 1 aromatic heterocycles. The number of nitrogens with one attached hydrogen (secondary N) is 1. The second-order valence-electron chi connectivity index (χ2n) is 7.67. The number of amides is 1. The summed E-state index contributed by atoms with van der Waals surface area (Å²) in [5.41, 5.74) is 2.77. The first-order chi connectivity index (χ1) is 14.0. The lowest BCUT2D eigenvalue weighted by Gasteiger charge is -2.38. The molecule has 0 saturated carbocycles. The Balaban J connectivity index is 1.53. The Morgan fingerprint density at radius 1 is 1.10 bits per heavy atom. The molecule has 1 aliphatic heterocycles. The van der Waals surface area contributed by atoms with E-state index in [0.717, 1.165) is 48.3 Å². The third-order valence-corrected chi connectivity index (χ3v) is 5.99. The number of hydrogen-bond donors (Lipinski definition) is 1. The van der Waals surface area contributed by atoms with Gasteiger partial charge < -0.3 is 14.6 Å². The standard InChI is InChI=1S/C23H26ClN3O2/c1-16-19-5-3-4-6-21(19)29-22(16)23(28)25-15-20(17-7-9-18(24)10-8-17)27-13-11-26(2)12-14-27/h3-10,20H,11-15H2,1-2H3,(H,25,28)/t20-/m0/s1. The number of likely N-dealkylation sites (N-methyl/N-ethyl adjacent to an activating group) is 1. The number of carbonyl (C=O) groups is 1. The highest BCUT2D eigenvalue weighted by Crippen LogP contribution is 2.26. The largest absolute Gasteiger partial charge is 0.451 e. The fourth-order valence-electron chi connectivity index (χ4n) is 3.94. The predicted octanol–water partition coefficient (Wildman–Crippen LogP) is 4.11. The Bertz CT molecular complexity index is 991. The van der Waals surface area contributed by atoms with Gasteiger partial charge in [0, 0.05) is 48.7 Å². The summed E-state index contributed by atoms with van der Waals surface area (Å²) in [5, 5.41) is 4.79. The maximum absolute atomic E-state index is 12.9. The number of benzene rings is 2. The minimum Gasteiger partial charge on any atom is -0.451 e. The van der Waals surface area contributed by atoms with Gasteiger partial charge in [0.15, 0.2) is 5.76 Å². The Morgan fingerprint density at radius 2 is 1.79 bits per heavy atom. The number of piperazine rings is 1. The van der Waals surface area contributed by atoms with E-state index in [1.807, 2.05) is 55.5 Å². The number of furan rings is 1. The maximum atomic E-state index is 12.9. The fraction of sp³-hybridized carbons (Fsp3) is 0.348. The van der Waals surface area contributed by atoms with E-state index in [4.69, 9.17) is 16.0 Å². The normalized spacial score (nSPS) is 16.8. The van der Waals surface area contributed by atoms with Crippen LogP contribution in [0.4, 0.5) is 0 Å². The van der Waals surface area contributed by atoms with Crippen LogP contribution in [0.3, 0.4) is 0 Å². The van der Waals surface area contributed by atoms with Crippen LogP contribution in [0.15, 0.2) is 52.9 Å². The van der Waals surface area contributed by atoms with Gasteiger partial charge in [0.05, 0.1) is 6.04 Å². The molecule has 0 aliphatic carbocycles. The van der Waals surface area contributed by atoms with Crippen LogP contribution in [-0.2, 0) is 0 Å². The molecular weight excluding hydrogens is 386 g/mol. The summed E-state index contributed by atoms with van der Waals surface area (Å²) in [4.78, 5) is 17.7. The van der Waals surface area contributed by atoms with Crippen molar-refractivity contribution in [1.82, 2.24) is 15.1 Å². The van der Waals surface area contributed by atoms with Crippen molar-refractivity contribution in [3.05, 3.63) is 70.4 Å². The summed E-state index contributed by atoms with van der Waals surface area (Å²) in [6.45, 7) is 6.40. The maximum Gasteiger partial charge on any atom is 0.287 e. The molecule has 1 N–H and O–H groups in total. The van der Waals surface area contributed by atoms with Crippen molar-refractivity contribution < 1.29 is 9.21 Å². The Kier molecular flexibility index (Phi) is 5.90. The zero-order valence-corrected chi connectivity index (χ0v) is 17.6. The molecule has 1 saturated heterocycles. The first-order valence-electron chi connectivity index (χ1n) is 9.97. The summed E-state index contributed by atoms with van der Waals surface area (Å²) in [5.74, 6) is 0.214. The second-order valence-corrected chi connectivity index (χ2v) is 8.11. The first kappa shape index (κ1) is 20.0. The van der Waals surface area contributed by atoms with Crippen LogP contribution in [0.1, 0.15) is 27.7 Å². The van der Waals surface area contributed by atoms with Gasteiger partial charge in [0.2, 0.25) is 0 Å². The van der Waals surface area contributed by atoms with Gasteiger partial charge in [0.25, 0.3) is 5.91 Å². The molecule has 4 rings (SSSR count). The molecule has 1 aliphatic rings. The van der Waals surface area contributed by atoms with E-state index in [9.17, 15) is 4.79 Å². The van der Waals surface area contributed by atoms with E-state index in [2.05, 4.69) is 22.2 Å². The molecule has 0 radical (unpaired) electrons. The molecule has 1 fully saturated rings. The second kappa shape index (κ2) is 8.57. The third-order valence-electron chi connectivity index (χ3n) is 5.74. The molecule has 5 nitrogen and oxygen atoms in total. The van der Waals surface area contributed by atoms with Crippen LogP contribution >= 0.6 is 11.6 Å². The monoisotopic (exact) mass is 411 g/mol. The van der Waals surface area contributed by atoms with Gasteiger partial charge in [-0.15, -0.1) is 0 Å². The molecule has 6 heteroatoms. The van der Waals surface area contributed by atoms with E-state index >= 15 is 0 Å². The quantitative estimate of drug-likeness (QED) is 0.686. The zero-order chi connectivity index (χ0) is 20.4. The molecule has 2 aromatic carbocycles. The molecule has 152 valence electrons. The van der Waals surface area contributed by atoms with E-state index in [1.165, 1.54) is 0 Å². The van der Waals surface area contributed by atoms with Crippen molar-refractivity contribution in [3.63, 3.8) is 0 Å². The summed E-state index contributed by atoms with van der Waals surface area (Å²) < 4.78 is 5.82. The lowest BCUT2D eigenvalue weighted by Crippen LogP contribution is -2.48. The van der Waals surface area contributed by atoms with Crippen molar-refractivity contribution in [1.29, 1.82) is 0 Å². The number of para-hydroxylation sites is 1. The fourth-order valence-corrected chi connectivity index (χ4v) is 4.06. The van der Waals surface area contributed by atoms with Gasteiger partial charge >= 0.3 is 0 Å². The van der Waals surface area contributed by atoms with Gasteiger partial charge in [-0.25, -0.2) is 0 Å². The molecule has 1 amide bonds. The number of nitrogens with zero attached hydrogens (tertiary/aromatic N) is 2. The zero-order valence-electron chi connectivity index (χ0n) is 16.8. The molecule has 29 heavy (non-hydrogen) atoms. The van der Waals surface area contributed by atoms with Crippen LogP contribution in [0, 0.1) is 6.92 Å². The first-order valence-corrected chi connectivity index (χ1v) is 10.3. The average Bonchev–Trinajstić information content (AvgIpc) is 3.07. The van der Waals surface area contributed by atoms with Gasteiger partial charge in [-0.3, -0.25) is 9.69 Å². The minimum absolute atomic E-state index is 0.0922. The van der Waals surface area contributed by atoms with E-state index in [1.54, 1.807) is 0 Å². The van der Waals surface area contributed by atoms with Crippen LogP contribution in [-0.4, -0.2) is 55.5 Å². The van der Waals surface area contributed by atoms with Crippen molar-refractivity contribution in [3.8, 4) is 0 Å². The number of fused-ring (bicyclic) bond motifs is 1. The third kappa shape index (κ3) is 4.32. The van der Waals surface area contributed by atoms with Crippen LogP contribution in [0.25, 0.3) is 11.0 Å². The molecule has 0 bridgehead atoms. The Labute approximate surface area is 176 Å². The number of rotatable bonds is 5. The predicted molar refractivity (Wildman–Crippen MR) is 117 cm³/mol. The van der Waals surface area contributed by atoms with E-state index in [0.29, 0.717) is 17.3 Å². The van der Waals surface area contributed by atoms with E-state index in [-0.39, 0.29) is 11.9 Å². The summed E-state index contributed by atoms with van der Waals surface area (Å²) in [6.07, 6.45) is 0. The van der Waals surface area contributed by atoms with E-state index < -0.39 is 0 Å². The Morgan fingerprint density at radius 3 is 2.48 bits per heavy atom. The summed E-state index contributed by atoms with van der Waals surface area (Å²) in [7, 11) is 2.14. The topological polar surface area (TPSA) is 48.7 Å². The SMILES string of the molecule is Cc1c(C(=O)NC[C@@H](c2ccc(Cl)cc2)N2CCN(C)CC2)oc2ccccc12. The van der Waals surface area contributed by atoms with Gasteiger partial charge in [-0.1, -0.05) is 41.9 Å². The van der Waals surface area contributed by atoms with Crippen molar-refractivity contribution >= 4 is 28.5 Å². The van der Waals surface area contributed by atoms with Crippen molar-refractivity contribution in [2.24, 2.45) is 0 Å². The molecular formula is C23H26ClN3O2. The van der Waals surface area contributed by atoms with Crippen LogP contribution in [0.2, 0.25) is 5.02 Å².